The highest BCUT2D eigenvalue weighted by Gasteiger charge is 2.51. The number of carbonyl (C=O) groups excluding carboxylic acids is 3. The predicted octanol–water partition coefficient (Wildman–Crippen LogP) is 0.923. The van der Waals surface area contributed by atoms with E-state index in [-0.39, 0.29) is 6.54 Å². The summed E-state index contributed by atoms with van der Waals surface area (Å²) in [6.45, 7) is 4.03. The summed E-state index contributed by atoms with van der Waals surface area (Å²) in [5.74, 6) is -0.147. The number of hydrogen-bond acceptors (Lipinski definition) is 5. The molecule has 8 heteroatoms. The molecule has 142 valence electrons. The summed E-state index contributed by atoms with van der Waals surface area (Å²) in [4.78, 5) is 38.3. The molecule has 4 amide bonds. The SMILES string of the molecule is CCC1(c2ccc(OC)c(C)c2)NC(=O)N(CC(=O)NCCOC)C1=O. The minimum Gasteiger partial charge on any atom is -0.496 e. The van der Waals surface area contributed by atoms with Gasteiger partial charge in [0.05, 0.1) is 13.7 Å². The first-order chi connectivity index (χ1) is 12.4. The number of urea groups is 1. The van der Waals surface area contributed by atoms with E-state index in [0.717, 1.165) is 10.5 Å². The number of benzene rings is 1. The van der Waals surface area contributed by atoms with Crippen molar-refractivity contribution < 1.29 is 23.9 Å². The third-order valence-electron chi connectivity index (χ3n) is 4.52. The van der Waals surface area contributed by atoms with Gasteiger partial charge in [0.1, 0.15) is 17.8 Å². The highest BCUT2D eigenvalue weighted by molar-refractivity contribution is 6.09. The quantitative estimate of drug-likeness (QED) is 0.529. The van der Waals surface area contributed by atoms with Crippen molar-refractivity contribution in [3.05, 3.63) is 29.3 Å². The van der Waals surface area contributed by atoms with Crippen molar-refractivity contribution in [1.29, 1.82) is 0 Å². The van der Waals surface area contributed by atoms with Crippen LogP contribution in [0.25, 0.3) is 0 Å². The van der Waals surface area contributed by atoms with E-state index in [0.29, 0.717) is 30.9 Å². The van der Waals surface area contributed by atoms with Crippen LogP contribution in [0.2, 0.25) is 0 Å². The Morgan fingerprint density at radius 2 is 2.04 bits per heavy atom. The van der Waals surface area contributed by atoms with Crippen LogP contribution >= 0.6 is 0 Å². The molecule has 1 heterocycles. The maximum Gasteiger partial charge on any atom is 0.325 e. The molecule has 2 N–H and O–H groups in total. The standard InChI is InChI=1S/C18H25N3O5/c1-5-18(13-6-7-14(26-4)12(2)10-13)16(23)21(17(24)20-18)11-15(22)19-8-9-25-3/h6-7,10H,5,8-9,11H2,1-4H3,(H,19,22)(H,20,24). The molecule has 0 spiro atoms. The summed E-state index contributed by atoms with van der Waals surface area (Å²) in [6, 6.07) is 4.77. The lowest BCUT2D eigenvalue weighted by Gasteiger charge is -2.26. The lowest BCUT2D eigenvalue weighted by molar-refractivity contribution is -0.135. The largest absolute Gasteiger partial charge is 0.496 e. The monoisotopic (exact) mass is 363 g/mol. The average Bonchev–Trinajstić information content (AvgIpc) is 2.87. The van der Waals surface area contributed by atoms with Gasteiger partial charge in [0.15, 0.2) is 0 Å². The fourth-order valence-corrected chi connectivity index (χ4v) is 3.05. The van der Waals surface area contributed by atoms with Crippen LogP contribution in [0.3, 0.4) is 0 Å². The van der Waals surface area contributed by atoms with Crippen LogP contribution in [0, 0.1) is 6.92 Å². The van der Waals surface area contributed by atoms with Gasteiger partial charge in [-0.3, -0.25) is 14.5 Å². The molecule has 1 aliphatic heterocycles. The van der Waals surface area contributed by atoms with Crippen LogP contribution < -0.4 is 15.4 Å². The molecule has 0 saturated carbocycles. The molecule has 1 saturated heterocycles. The molecule has 1 aliphatic rings. The highest BCUT2D eigenvalue weighted by atomic mass is 16.5. The van der Waals surface area contributed by atoms with Gasteiger partial charge in [-0.15, -0.1) is 0 Å². The predicted molar refractivity (Wildman–Crippen MR) is 94.8 cm³/mol. The lowest BCUT2D eigenvalue weighted by atomic mass is 9.86. The van der Waals surface area contributed by atoms with Crippen molar-refractivity contribution in [2.75, 3.05) is 33.9 Å². The Bertz CT molecular complexity index is 706. The third-order valence-corrected chi connectivity index (χ3v) is 4.52. The Kier molecular flexibility index (Phi) is 6.20. The summed E-state index contributed by atoms with van der Waals surface area (Å²) in [5.41, 5.74) is 0.343. The number of hydrogen-bond donors (Lipinski definition) is 2. The van der Waals surface area contributed by atoms with E-state index in [1.807, 2.05) is 19.9 Å². The highest BCUT2D eigenvalue weighted by Crippen LogP contribution is 2.34. The normalized spacial score (nSPS) is 19.5. The second-order valence-corrected chi connectivity index (χ2v) is 6.11. The maximum atomic E-state index is 13.0. The van der Waals surface area contributed by atoms with E-state index in [1.165, 1.54) is 7.11 Å². The zero-order valence-electron chi connectivity index (χ0n) is 15.5. The topological polar surface area (TPSA) is 97.0 Å². The van der Waals surface area contributed by atoms with Crippen molar-refractivity contribution in [2.24, 2.45) is 0 Å². The van der Waals surface area contributed by atoms with Crippen LogP contribution in [0.15, 0.2) is 18.2 Å². The lowest BCUT2D eigenvalue weighted by Crippen LogP contribution is -2.45. The van der Waals surface area contributed by atoms with Crippen LogP contribution in [-0.2, 0) is 19.9 Å². The van der Waals surface area contributed by atoms with Crippen molar-refractivity contribution in [1.82, 2.24) is 15.5 Å². The molecular formula is C18H25N3O5. The summed E-state index contributed by atoms with van der Waals surface area (Å²) in [5, 5.41) is 5.37. The van der Waals surface area contributed by atoms with Gasteiger partial charge in [0, 0.05) is 13.7 Å². The number of nitrogens with zero attached hydrogens (tertiary/aromatic N) is 1. The van der Waals surface area contributed by atoms with Gasteiger partial charge in [0.2, 0.25) is 5.91 Å². The van der Waals surface area contributed by atoms with Gasteiger partial charge in [-0.25, -0.2) is 4.79 Å². The Labute approximate surface area is 152 Å². The first-order valence-electron chi connectivity index (χ1n) is 8.44. The number of ether oxygens (including phenoxy) is 2. The van der Waals surface area contributed by atoms with E-state index in [9.17, 15) is 14.4 Å². The summed E-state index contributed by atoms with van der Waals surface area (Å²) in [7, 11) is 3.10. The Morgan fingerprint density at radius 3 is 2.62 bits per heavy atom. The minimum absolute atomic E-state index is 0.315. The second kappa shape index (κ2) is 8.18. The molecule has 1 aromatic rings. The Morgan fingerprint density at radius 1 is 1.31 bits per heavy atom. The van der Waals surface area contributed by atoms with Gasteiger partial charge in [0.25, 0.3) is 5.91 Å². The number of imide groups is 1. The molecule has 0 radical (unpaired) electrons. The first-order valence-corrected chi connectivity index (χ1v) is 8.44. The summed E-state index contributed by atoms with van der Waals surface area (Å²) in [6.07, 6.45) is 0.366. The van der Waals surface area contributed by atoms with Crippen LogP contribution in [0.1, 0.15) is 24.5 Å². The van der Waals surface area contributed by atoms with Crippen LogP contribution in [0.5, 0.6) is 5.75 Å². The van der Waals surface area contributed by atoms with Gasteiger partial charge < -0.3 is 20.1 Å². The zero-order valence-corrected chi connectivity index (χ0v) is 15.5. The maximum absolute atomic E-state index is 13.0. The molecule has 26 heavy (non-hydrogen) atoms. The summed E-state index contributed by atoms with van der Waals surface area (Å²) < 4.78 is 10.1. The van der Waals surface area contributed by atoms with Gasteiger partial charge >= 0.3 is 6.03 Å². The van der Waals surface area contributed by atoms with Gasteiger partial charge in [-0.1, -0.05) is 13.0 Å². The van der Waals surface area contributed by atoms with Gasteiger partial charge in [-0.05, 0) is 36.6 Å². The molecule has 8 nitrogen and oxygen atoms in total. The number of methoxy groups -OCH3 is 2. The van der Waals surface area contributed by atoms with E-state index in [2.05, 4.69) is 10.6 Å². The fraction of sp³-hybridized carbons (Fsp3) is 0.500. The molecule has 2 rings (SSSR count). The van der Waals surface area contributed by atoms with Crippen LogP contribution in [-0.4, -0.2) is 56.7 Å². The molecule has 1 aromatic carbocycles. The van der Waals surface area contributed by atoms with E-state index >= 15 is 0 Å². The molecule has 1 unspecified atom stereocenters. The molecule has 0 aliphatic carbocycles. The van der Waals surface area contributed by atoms with Crippen molar-refractivity contribution >= 4 is 17.8 Å². The van der Waals surface area contributed by atoms with Crippen LogP contribution in [0.4, 0.5) is 4.79 Å². The molecule has 0 aromatic heterocycles. The van der Waals surface area contributed by atoms with E-state index in [1.54, 1.807) is 19.2 Å². The number of nitrogens with one attached hydrogen (secondary N) is 2. The zero-order chi connectivity index (χ0) is 19.3. The summed E-state index contributed by atoms with van der Waals surface area (Å²) >= 11 is 0. The van der Waals surface area contributed by atoms with Crippen molar-refractivity contribution in [3.63, 3.8) is 0 Å². The molecule has 1 fully saturated rings. The Hall–Kier alpha value is -2.61. The Balaban J connectivity index is 2.23. The van der Waals surface area contributed by atoms with Crippen molar-refractivity contribution in [2.45, 2.75) is 25.8 Å². The number of amides is 4. The smallest absolute Gasteiger partial charge is 0.325 e. The first kappa shape index (κ1) is 19.7. The fourth-order valence-electron chi connectivity index (χ4n) is 3.05. The number of carbonyl (C=O) groups is 3. The average molecular weight is 363 g/mol. The molecule has 0 bridgehead atoms. The second-order valence-electron chi connectivity index (χ2n) is 6.11. The molecule has 1 atom stereocenters. The molecular weight excluding hydrogens is 338 g/mol. The van der Waals surface area contributed by atoms with E-state index < -0.39 is 23.4 Å². The number of rotatable bonds is 8. The number of aryl methyl sites for hydroxylation is 1. The van der Waals surface area contributed by atoms with Crippen molar-refractivity contribution in [3.8, 4) is 5.75 Å². The van der Waals surface area contributed by atoms with Gasteiger partial charge in [-0.2, -0.15) is 0 Å². The van der Waals surface area contributed by atoms with E-state index in [4.69, 9.17) is 9.47 Å². The third kappa shape index (κ3) is 3.65. The minimum atomic E-state index is -1.18.